The first-order valence-corrected chi connectivity index (χ1v) is 7.53. The molecule has 0 aliphatic heterocycles. The number of rotatable bonds is 5. The van der Waals surface area contributed by atoms with Gasteiger partial charge in [0.15, 0.2) is 11.6 Å². The lowest BCUT2D eigenvalue weighted by molar-refractivity contribution is -0.123. The SMILES string of the molecule is NC(CC1CCCCC1)C(=O)NCc1ccc(F)c(F)c1. The summed E-state index contributed by atoms with van der Waals surface area (Å²) in [7, 11) is 0. The highest BCUT2D eigenvalue weighted by Gasteiger charge is 2.21. The Morgan fingerprint density at radius 3 is 2.62 bits per heavy atom. The molecule has 1 saturated carbocycles. The quantitative estimate of drug-likeness (QED) is 0.878. The molecule has 1 aromatic rings. The van der Waals surface area contributed by atoms with Crippen molar-refractivity contribution >= 4 is 5.91 Å². The largest absolute Gasteiger partial charge is 0.351 e. The molecule has 1 aliphatic rings. The molecule has 5 heteroatoms. The molecule has 0 radical (unpaired) electrons. The summed E-state index contributed by atoms with van der Waals surface area (Å²) in [6, 6.07) is 3.06. The second-order valence-electron chi connectivity index (χ2n) is 5.81. The van der Waals surface area contributed by atoms with Crippen molar-refractivity contribution in [1.29, 1.82) is 0 Å². The number of halogens is 2. The number of hydrogen-bond donors (Lipinski definition) is 2. The van der Waals surface area contributed by atoms with E-state index in [1.54, 1.807) is 0 Å². The maximum Gasteiger partial charge on any atom is 0.237 e. The number of nitrogens with two attached hydrogens (primary N) is 1. The zero-order valence-electron chi connectivity index (χ0n) is 12.1. The minimum Gasteiger partial charge on any atom is -0.351 e. The highest BCUT2D eigenvalue weighted by atomic mass is 19.2. The van der Waals surface area contributed by atoms with E-state index in [0.717, 1.165) is 25.0 Å². The van der Waals surface area contributed by atoms with Crippen LogP contribution in [0.2, 0.25) is 0 Å². The topological polar surface area (TPSA) is 55.1 Å². The van der Waals surface area contributed by atoms with E-state index in [9.17, 15) is 13.6 Å². The molecule has 116 valence electrons. The number of hydrogen-bond acceptors (Lipinski definition) is 2. The van der Waals surface area contributed by atoms with Crippen molar-refractivity contribution in [2.24, 2.45) is 11.7 Å². The zero-order valence-corrected chi connectivity index (χ0v) is 12.1. The number of amides is 1. The fraction of sp³-hybridized carbons (Fsp3) is 0.562. The van der Waals surface area contributed by atoms with Crippen molar-refractivity contribution in [2.75, 3.05) is 0 Å². The van der Waals surface area contributed by atoms with Crippen LogP contribution in [0.3, 0.4) is 0 Å². The Morgan fingerprint density at radius 2 is 1.95 bits per heavy atom. The van der Waals surface area contributed by atoms with Gasteiger partial charge in [-0.25, -0.2) is 8.78 Å². The van der Waals surface area contributed by atoms with Gasteiger partial charge in [0.25, 0.3) is 0 Å². The second kappa shape index (κ2) is 7.50. The molecule has 1 fully saturated rings. The maximum absolute atomic E-state index is 13.1. The first kappa shape index (κ1) is 15.9. The molecule has 0 heterocycles. The average molecular weight is 296 g/mol. The summed E-state index contributed by atoms with van der Waals surface area (Å²) in [5, 5.41) is 2.68. The van der Waals surface area contributed by atoms with E-state index < -0.39 is 17.7 Å². The molecular weight excluding hydrogens is 274 g/mol. The van der Waals surface area contributed by atoms with Crippen LogP contribution in [0.25, 0.3) is 0 Å². The highest BCUT2D eigenvalue weighted by Crippen LogP contribution is 2.26. The summed E-state index contributed by atoms with van der Waals surface area (Å²) in [6.07, 6.45) is 6.69. The summed E-state index contributed by atoms with van der Waals surface area (Å²) < 4.78 is 25.9. The molecule has 21 heavy (non-hydrogen) atoms. The van der Waals surface area contributed by atoms with Gasteiger partial charge in [0, 0.05) is 6.54 Å². The van der Waals surface area contributed by atoms with E-state index in [2.05, 4.69) is 5.32 Å². The van der Waals surface area contributed by atoms with Crippen molar-refractivity contribution in [3.05, 3.63) is 35.4 Å². The molecule has 1 amide bonds. The number of nitrogens with one attached hydrogen (secondary N) is 1. The molecule has 1 atom stereocenters. The average Bonchev–Trinajstić information content (AvgIpc) is 2.49. The van der Waals surface area contributed by atoms with Gasteiger partial charge in [0.05, 0.1) is 6.04 Å². The third kappa shape index (κ3) is 4.77. The predicted molar refractivity (Wildman–Crippen MR) is 77.4 cm³/mol. The van der Waals surface area contributed by atoms with Crippen LogP contribution in [0.15, 0.2) is 18.2 Å². The number of carbonyl (C=O) groups is 1. The Balaban J connectivity index is 1.78. The standard InChI is InChI=1S/C16H22F2N2O/c17-13-7-6-12(8-14(13)18)10-20-16(21)15(19)9-11-4-2-1-3-5-11/h6-8,11,15H,1-5,9-10,19H2,(H,20,21). The molecule has 1 unspecified atom stereocenters. The Kier molecular flexibility index (Phi) is 5.67. The fourth-order valence-corrected chi connectivity index (χ4v) is 2.86. The van der Waals surface area contributed by atoms with E-state index >= 15 is 0 Å². The minimum absolute atomic E-state index is 0.161. The van der Waals surface area contributed by atoms with Gasteiger partial charge in [-0.1, -0.05) is 38.2 Å². The Morgan fingerprint density at radius 1 is 1.24 bits per heavy atom. The number of benzene rings is 1. The third-order valence-electron chi connectivity index (χ3n) is 4.10. The normalized spacial score (nSPS) is 17.5. The van der Waals surface area contributed by atoms with Crippen LogP contribution in [0.5, 0.6) is 0 Å². The number of carbonyl (C=O) groups excluding carboxylic acids is 1. The molecule has 0 spiro atoms. The van der Waals surface area contributed by atoms with Crippen LogP contribution >= 0.6 is 0 Å². The van der Waals surface area contributed by atoms with Gasteiger partial charge in [-0.05, 0) is 30.0 Å². The van der Waals surface area contributed by atoms with E-state index in [0.29, 0.717) is 17.9 Å². The summed E-state index contributed by atoms with van der Waals surface area (Å²) in [6.45, 7) is 0.161. The first-order valence-electron chi connectivity index (χ1n) is 7.53. The van der Waals surface area contributed by atoms with E-state index in [1.165, 1.54) is 25.3 Å². The van der Waals surface area contributed by atoms with Gasteiger partial charge in [0.1, 0.15) is 0 Å². The molecule has 0 bridgehead atoms. The van der Waals surface area contributed by atoms with Gasteiger partial charge in [-0.2, -0.15) is 0 Å². The Bertz CT molecular complexity index is 487. The molecular formula is C16H22F2N2O. The second-order valence-corrected chi connectivity index (χ2v) is 5.81. The first-order chi connectivity index (χ1) is 10.1. The van der Waals surface area contributed by atoms with Gasteiger partial charge >= 0.3 is 0 Å². The Labute approximate surface area is 123 Å². The third-order valence-corrected chi connectivity index (χ3v) is 4.10. The molecule has 0 aromatic heterocycles. The van der Waals surface area contributed by atoms with E-state index in [4.69, 9.17) is 5.73 Å². The van der Waals surface area contributed by atoms with Crippen molar-refractivity contribution in [1.82, 2.24) is 5.32 Å². The lowest BCUT2D eigenvalue weighted by Gasteiger charge is -2.24. The van der Waals surface area contributed by atoms with Crippen molar-refractivity contribution < 1.29 is 13.6 Å². The van der Waals surface area contributed by atoms with Gasteiger partial charge in [0.2, 0.25) is 5.91 Å². The fourth-order valence-electron chi connectivity index (χ4n) is 2.86. The minimum atomic E-state index is -0.909. The summed E-state index contributed by atoms with van der Waals surface area (Å²) in [5.74, 6) is -1.50. The lowest BCUT2D eigenvalue weighted by Crippen LogP contribution is -2.41. The molecule has 3 nitrogen and oxygen atoms in total. The van der Waals surface area contributed by atoms with Crippen LogP contribution in [0.4, 0.5) is 8.78 Å². The monoisotopic (exact) mass is 296 g/mol. The van der Waals surface area contributed by atoms with Crippen molar-refractivity contribution in [3.63, 3.8) is 0 Å². The van der Waals surface area contributed by atoms with Gasteiger partial charge in [-0.15, -0.1) is 0 Å². The van der Waals surface area contributed by atoms with Crippen LogP contribution in [-0.4, -0.2) is 11.9 Å². The van der Waals surface area contributed by atoms with Crippen LogP contribution in [0.1, 0.15) is 44.1 Å². The molecule has 3 N–H and O–H groups in total. The highest BCUT2D eigenvalue weighted by molar-refractivity contribution is 5.81. The zero-order chi connectivity index (χ0) is 15.2. The van der Waals surface area contributed by atoms with Crippen molar-refractivity contribution in [2.45, 2.75) is 51.1 Å². The van der Waals surface area contributed by atoms with Gasteiger partial charge < -0.3 is 11.1 Å². The predicted octanol–water partition coefficient (Wildman–Crippen LogP) is 2.88. The molecule has 2 rings (SSSR count). The van der Waals surface area contributed by atoms with Crippen molar-refractivity contribution in [3.8, 4) is 0 Å². The lowest BCUT2D eigenvalue weighted by atomic mass is 9.85. The summed E-state index contributed by atoms with van der Waals surface area (Å²) in [4.78, 5) is 11.9. The molecule has 1 aliphatic carbocycles. The van der Waals surface area contributed by atoms with Crippen LogP contribution in [-0.2, 0) is 11.3 Å². The molecule has 1 aromatic carbocycles. The van der Waals surface area contributed by atoms with Gasteiger partial charge in [-0.3, -0.25) is 4.79 Å². The summed E-state index contributed by atoms with van der Waals surface area (Å²) >= 11 is 0. The van der Waals surface area contributed by atoms with Crippen LogP contribution < -0.4 is 11.1 Å². The van der Waals surface area contributed by atoms with Crippen LogP contribution in [0, 0.1) is 17.6 Å². The van der Waals surface area contributed by atoms with E-state index in [-0.39, 0.29) is 12.5 Å². The molecule has 0 saturated heterocycles. The Hall–Kier alpha value is -1.49. The smallest absolute Gasteiger partial charge is 0.237 e. The maximum atomic E-state index is 13.1. The summed E-state index contributed by atoms with van der Waals surface area (Å²) in [5.41, 5.74) is 6.44. The van der Waals surface area contributed by atoms with E-state index in [1.807, 2.05) is 0 Å².